The maximum absolute atomic E-state index is 12.4. The number of alkyl halides is 1. The predicted molar refractivity (Wildman–Crippen MR) is 79.5 cm³/mol. The van der Waals surface area contributed by atoms with Gasteiger partial charge in [0.15, 0.2) is 0 Å². The second-order valence-corrected chi connectivity index (χ2v) is 5.67. The number of hydrogen-bond donors (Lipinski definition) is 0. The van der Waals surface area contributed by atoms with E-state index < -0.39 is 0 Å². The number of halogens is 3. The first-order valence-corrected chi connectivity index (χ1v) is 7.43. The summed E-state index contributed by atoms with van der Waals surface area (Å²) in [6, 6.07) is 4.96. The summed E-state index contributed by atoms with van der Waals surface area (Å²) in [5.41, 5.74) is 0.472. The molecule has 3 nitrogen and oxygen atoms in total. The van der Waals surface area contributed by atoms with Crippen molar-refractivity contribution < 1.29 is 4.79 Å². The fourth-order valence-corrected chi connectivity index (χ4v) is 2.74. The molecule has 104 valence electrons. The zero-order chi connectivity index (χ0) is 13.8. The van der Waals surface area contributed by atoms with E-state index in [9.17, 15) is 4.79 Å². The summed E-state index contributed by atoms with van der Waals surface area (Å²) in [6.45, 7) is 3.94. The molecule has 1 aliphatic rings. The van der Waals surface area contributed by atoms with Crippen molar-refractivity contribution in [2.45, 2.75) is 0 Å². The van der Waals surface area contributed by atoms with Gasteiger partial charge in [-0.1, -0.05) is 23.2 Å². The molecule has 1 aromatic carbocycles. The first kappa shape index (κ1) is 14.9. The van der Waals surface area contributed by atoms with Crippen LogP contribution in [-0.4, -0.2) is 54.3 Å². The van der Waals surface area contributed by atoms with Gasteiger partial charge in [-0.25, -0.2) is 0 Å². The SMILES string of the molecule is O=C(c1cc(Cl)ccc1Cl)N1CCN(CCCl)CC1. The Kier molecular flexibility index (Phi) is 5.34. The van der Waals surface area contributed by atoms with Crippen LogP contribution in [0.1, 0.15) is 10.4 Å². The Labute approximate surface area is 128 Å². The average Bonchev–Trinajstić information content (AvgIpc) is 2.42. The Morgan fingerprint density at radius 3 is 2.47 bits per heavy atom. The van der Waals surface area contributed by atoms with Gasteiger partial charge in [0.2, 0.25) is 0 Å². The lowest BCUT2D eigenvalue weighted by Crippen LogP contribution is -2.49. The minimum atomic E-state index is -0.0574. The molecule has 1 fully saturated rings. The maximum atomic E-state index is 12.4. The summed E-state index contributed by atoms with van der Waals surface area (Å²) in [7, 11) is 0. The zero-order valence-electron chi connectivity index (χ0n) is 10.4. The van der Waals surface area contributed by atoms with Crippen molar-refractivity contribution in [2.24, 2.45) is 0 Å². The highest BCUT2D eigenvalue weighted by Gasteiger charge is 2.23. The third kappa shape index (κ3) is 3.76. The summed E-state index contributed by atoms with van der Waals surface area (Å²) in [6.07, 6.45) is 0. The summed E-state index contributed by atoms with van der Waals surface area (Å²) in [5, 5.41) is 0.964. The van der Waals surface area contributed by atoms with Crippen LogP contribution in [0, 0.1) is 0 Å². The fourth-order valence-electron chi connectivity index (χ4n) is 2.13. The second-order valence-electron chi connectivity index (χ2n) is 4.45. The van der Waals surface area contributed by atoms with Gasteiger partial charge in [0.1, 0.15) is 0 Å². The van der Waals surface area contributed by atoms with Gasteiger partial charge in [-0.05, 0) is 18.2 Å². The van der Waals surface area contributed by atoms with Crippen molar-refractivity contribution in [3.05, 3.63) is 33.8 Å². The number of rotatable bonds is 3. The molecule has 1 saturated heterocycles. The van der Waals surface area contributed by atoms with E-state index >= 15 is 0 Å². The second kappa shape index (κ2) is 6.80. The average molecular weight is 322 g/mol. The number of nitrogens with zero attached hydrogens (tertiary/aromatic N) is 2. The maximum Gasteiger partial charge on any atom is 0.255 e. The van der Waals surface area contributed by atoms with Crippen LogP contribution in [-0.2, 0) is 0 Å². The molecule has 1 amide bonds. The topological polar surface area (TPSA) is 23.6 Å². The van der Waals surface area contributed by atoms with Crippen molar-refractivity contribution in [1.82, 2.24) is 9.80 Å². The van der Waals surface area contributed by atoms with Crippen LogP contribution in [0.5, 0.6) is 0 Å². The number of amides is 1. The van der Waals surface area contributed by atoms with Crippen molar-refractivity contribution in [3.8, 4) is 0 Å². The molecule has 0 radical (unpaired) electrons. The van der Waals surface area contributed by atoms with Crippen LogP contribution < -0.4 is 0 Å². The van der Waals surface area contributed by atoms with E-state index in [0.717, 1.165) is 19.6 Å². The number of benzene rings is 1. The van der Waals surface area contributed by atoms with E-state index in [1.807, 2.05) is 4.90 Å². The molecule has 2 rings (SSSR count). The molecule has 1 aromatic rings. The summed E-state index contributed by atoms with van der Waals surface area (Å²) in [4.78, 5) is 16.4. The van der Waals surface area contributed by atoms with Gasteiger partial charge in [0.05, 0.1) is 10.6 Å². The Bertz CT molecular complexity index is 459. The monoisotopic (exact) mass is 320 g/mol. The molecule has 0 bridgehead atoms. The third-order valence-corrected chi connectivity index (χ3v) is 3.95. The van der Waals surface area contributed by atoms with Gasteiger partial charge in [-0.15, -0.1) is 11.6 Å². The lowest BCUT2D eigenvalue weighted by molar-refractivity contribution is 0.0644. The smallest absolute Gasteiger partial charge is 0.255 e. The van der Waals surface area contributed by atoms with Crippen molar-refractivity contribution in [3.63, 3.8) is 0 Å². The van der Waals surface area contributed by atoms with E-state index in [1.165, 1.54) is 0 Å². The van der Waals surface area contributed by atoms with Gasteiger partial charge < -0.3 is 4.90 Å². The molecule has 0 unspecified atom stereocenters. The minimum Gasteiger partial charge on any atom is -0.336 e. The molecular formula is C13H15Cl3N2O. The molecule has 1 aliphatic heterocycles. The Balaban J connectivity index is 2.03. The van der Waals surface area contributed by atoms with Crippen LogP contribution in [0.3, 0.4) is 0 Å². The molecule has 0 N–H and O–H groups in total. The standard InChI is InChI=1S/C13H15Cl3N2O/c14-3-4-17-5-7-18(8-6-17)13(19)11-9-10(15)1-2-12(11)16/h1-2,9H,3-8H2. The van der Waals surface area contributed by atoms with Crippen molar-refractivity contribution in [2.75, 3.05) is 38.6 Å². The number of carbonyl (C=O) groups is 1. The highest BCUT2D eigenvalue weighted by Crippen LogP contribution is 2.22. The molecule has 19 heavy (non-hydrogen) atoms. The largest absolute Gasteiger partial charge is 0.336 e. The zero-order valence-corrected chi connectivity index (χ0v) is 12.7. The summed E-state index contributed by atoms with van der Waals surface area (Å²) < 4.78 is 0. The van der Waals surface area contributed by atoms with Gasteiger partial charge in [0.25, 0.3) is 5.91 Å². The van der Waals surface area contributed by atoms with Crippen LogP contribution in [0.15, 0.2) is 18.2 Å². The lowest BCUT2D eigenvalue weighted by atomic mass is 10.2. The van der Waals surface area contributed by atoms with E-state index in [0.29, 0.717) is 34.6 Å². The quantitative estimate of drug-likeness (QED) is 0.799. The lowest BCUT2D eigenvalue weighted by Gasteiger charge is -2.34. The first-order valence-electron chi connectivity index (χ1n) is 6.14. The van der Waals surface area contributed by atoms with Crippen molar-refractivity contribution in [1.29, 1.82) is 0 Å². The van der Waals surface area contributed by atoms with E-state index in [1.54, 1.807) is 18.2 Å². The number of piperazine rings is 1. The normalized spacial score (nSPS) is 16.7. The van der Waals surface area contributed by atoms with Gasteiger partial charge in [0, 0.05) is 43.6 Å². The molecule has 0 aromatic heterocycles. The molecule has 1 heterocycles. The fraction of sp³-hybridized carbons (Fsp3) is 0.462. The predicted octanol–water partition coefficient (Wildman–Crippen LogP) is 2.99. The minimum absolute atomic E-state index is 0.0574. The first-order chi connectivity index (χ1) is 9.11. The molecule has 0 spiro atoms. The molecular weight excluding hydrogens is 307 g/mol. The Hall–Kier alpha value is -0.480. The molecule has 0 aliphatic carbocycles. The number of carbonyl (C=O) groups excluding carboxylic acids is 1. The van der Waals surface area contributed by atoms with Gasteiger partial charge in [-0.3, -0.25) is 9.69 Å². The van der Waals surface area contributed by atoms with Crippen LogP contribution in [0.4, 0.5) is 0 Å². The van der Waals surface area contributed by atoms with E-state index in [4.69, 9.17) is 34.8 Å². The van der Waals surface area contributed by atoms with Gasteiger partial charge in [-0.2, -0.15) is 0 Å². The summed E-state index contributed by atoms with van der Waals surface area (Å²) >= 11 is 17.7. The molecule has 0 saturated carbocycles. The Morgan fingerprint density at radius 1 is 1.16 bits per heavy atom. The summed E-state index contributed by atoms with van der Waals surface area (Å²) in [5.74, 6) is 0.562. The molecule has 6 heteroatoms. The van der Waals surface area contributed by atoms with E-state index in [2.05, 4.69) is 4.90 Å². The Morgan fingerprint density at radius 2 is 1.84 bits per heavy atom. The van der Waals surface area contributed by atoms with Crippen molar-refractivity contribution >= 4 is 40.7 Å². The third-order valence-electron chi connectivity index (χ3n) is 3.22. The van der Waals surface area contributed by atoms with E-state index in [-0.39, 0.29) is 5.91 Å². The van der Waals surface area contributed by atoms with Crippen LogP contribution in [0.2, 0.25) is 10.0 Å². The van der Waals surface area contributed by atoms with Crippen LogP contribution >= 0.6 is 34.8 Å². The molecule has 0 atom stereocenters. The van der Waals surface area contributed by atoms with Crippen LogP contribution in [0.25, 0.3) is 0 Å². The highest BCUT2D eigenvalue weighted by molar-refractivity contribution is 6.35. The highest BCUT2D eigenvalue weighted by atomic mass is 35.5. The van der Waals surface area contributed by atoms with Gasteiger partial charge >= 0.3 is 0 Å². The number of hydrogen-bond acceptors (Lipinski definition) is 2.